The number of fused-ring (bicyclic) bond motifs is 1. The van der Waals surface area contributed by atoms with E-state index in [1.807, 2.05) is 53.4 Å². The van der Waals surface area contributed by atoms with Crippen molar-refractivity contribution in [2.24, 2.45) is 0 Å². The topological polar surface area (TPSA) is 49.4 Å². The van der Waals surface area contributed by atoms with Crippen molar-refractivity contribution in [3.05, 3.63) is 83.4 Å². The molecule has 3 aromatic rings. The third-order valence-electron chi connectivity index (χ3n) is 5.56. The van der Waals surface area contributed by atoms with Gasteiger partial charge in [-0.2, -0.15) is 0 Å². The van der Waals surface area contributed by atoms with Crippen molar-refractivity contribution in [1.82, 2.24) is 10.2 Å². The minimum Gasteiger partial charge on any atom is -0.352 e. The molecule has 4 rings (SSSR count). The van der Waals surface area contributed by atoms with Gasteiger partial charge in [0.2, 0.25) is 5.91 Å². The third kappa shape index (κ3) is 4.65. The Kier molecular flexibility index (Phi) is 5.89. The number of piperidine rings is 1. The molecule has 1 N–H and O–H groups in total. The highest BCUT2D eigenvalue weighted by molar-refractivity contribution is 5.94. The average molecular weight is 386 g/mol. The van der Waals surface area contributed by atoms with Crippen LogP contribution in [0.3, 0.4) is 0 Å². The predicted octanol–water partition coefficient (Wildman–Crippen LogP) is 4.32. The van der Waals surface area contributed by atoms with Crippen LogP contribution in [0.5, 0.6) is 0 Å². The van der Waals surface area contributed by atoms with Crippen molar-refractivity contribution in [3.63, 3.8) is 0 Å². The average Bonchev–Trinajstić information content (AvgIpc) is 2.78. The van der Waals surface area contributed by atoms with Crippen LogP contribution in [0.25, 0.3) is 10.8 Å². The molecule has 0 aromatic heterocycles. The SMILES string of the molecule is O=C(Cc1cccc2ccccc12)NCc1ccc(C(=O)N2CCCCC2)cc1. The maximum Gasteiger partial charge on any atom is 0.253 e. The van der Waals surface area contributed by atoms with Crippen molar-refractivity contribution in [1.29, 1.82) is 0 Å². The number of hydrogen-bond acceptors (Lipinski definition) is 2. The van der Waals surface area contributed by atoms with Crippen LogP contribution in [-0.4, -0.2) is 29.8 Å². The molecule has 0 radical (unpaired) electrons. The molecule has 0 saturated carbocycles. The lowest BCUT2D eigenvalue weighted by Gasteiger charge is -2.26. The zero-order valence-electron chi connectivity index (χ0n) is 16.6. The number of carbonyl (C=O) groups is 2. The van der Waals surface area contributed by atoms with Gasteiger partial charge in [0.15, 0.2) is 0 Å². The van der Waals surface area contributed by atoms with Gasteiger partial charge in [-0.1, -0.05) is 54.6 Å². The second kappa shape index (κ2) is 8.91. The molecule has 1 saturated heterocycles. The van der Waals surface area contributed by atoms with Crippen molar-refractivity contribution >= 4 is 22.6 Å². The van der Waals surface area contributed by atoms with Gasteiger partial charge in [-0.05, 0) is 53.3 Å². The van der Waals surface area contributed by atoms with E-state index in [4.69, 9.17) is 0 Å². The minimum atomic E-state index is -0.00479. The summed E-state index contributed by atoms with van der Waals surface area (Å²) in [4.78, 5) is 26.9. The van der Waals surface area contributed by atoms with Gasteiger partial charge in [-0.15, -0.1) is 0 Å². The predicted molar refractivity (Wildman–Crippen MR) is 116 cm³/mol. The van der Waals surface area contributed by atoms with E-state index < -0.39 is 0 Å². The second-order valence-corrected chi connectivity index (χ2v) is 7.64. The first-order valence-corrected chi connectivity index (χ1v) is 10.3. The van der Waals surface area contributed by atoms with Gasteiger partial charge in [0, 0.05) is 25.2 Å². The molecule has 4 heteroatoms. The Morgan fingerprint density at radius 1 is 0.828 bits per heavy atom. The zero-order valence-corrected chi connectivity index (χ0v) is 16.6. The molecule has 148 valence electrons. The number of nitrogens with zero attached hydrogens (tertiary/aromatic N) is 1. The zero-order chi connectivity index (χ0) is 20.1. The molecule has 29 heavy (non-hydrogen) atoms. The number of rotatable bonds is 5. The fourth-order valence-electron chi connectivity index (χ4n) is 3.93. The summed E-state index contributed by atoms with van der Waals surface area (Å²) < 4.78 is 0. The highest BCUT2D eigenvalue weighted by atomic mass is 16.2. The molecule has 2 amide bonds. The molecule has 1 aliphatic heterocycles. The van der Waals surface area contributed by atoms with Crippen molar-refractivity contribution < 1.29 is 9.59 Å². The quantitative estimate of drug-likeness (QED) is 0.710. The molecule has 0 bridgehead atoms. The summed E-state index contributed by atoms with van der Waals surface area (Å²) in [5, 5.41) is 5.25. The van der Waals surface area contributed by atoms with Gasteiger partial charge in [-0.3, -0.25) is 9.59 Å². The standard InChI is InChI=1S/C25H26N2O2/c28-24(17-22-9-6-8-20-7-2-3-10-23(20)22)26-18-19-11-13-21(14-12-19)25(29)27-15-4-1-5-16-27/h2-3,6-14H,1,4-5,15-18H2,(H,26,28). The summed E-state index contributed by atoms with van der Waals surface area (Å²) in [6.07, 6.45) is 3.74. The maximum atomic E-state index is 12.5. The van der Waals surface area contributed by atoms with Crippen LogP contribution in [0.1, 0.15) is 40.7 Å². The molecule has 1 fully saturated rings. The Morgan fingerprint density at radius 3 is 2.34 bits per heavy atom. The molecule has 0 aliphatic carbocycles. The van der Waals surface area contributed by atoms with E-state index in [0.717, 1.165) is 53.4 Å². The Bertz CT molecular complexity index is 1000. The number of amides is 2. The van der Waals surface area contributed by atoms with Crippen LogP contribution >= 0.6 is 0 Å². The van der Waals surface area contributed by atoms with Crippen LogP contribution in [-0.2, 0) is 17.8 Å². The number of likely N-dealkylation sites (tertiary alicyclic amines) is 1. The first-order chi connectivity index (χ1) is 14.2. The van der Waals surface area contributed by atoms with Gasteiger partial charge < -0.3 is 10.2 Å². The fourth-order valence-corrected chi connectivity index (χ4v) is 3.93. The third-order valence-corrected chi connectivity index (χ3v) is 5.56. The largest absolute Gasteiger partial charge is 0.352 e. The summed E-state index contributed by atoms with van der Waals surface area (Å²) in [6.45, 7) is 2.16. The highest BCUT2D eigenvalue weighted by Crippen LogP contribution is 2.19. The lowest BCUT2D eigenvalue weighted by Crippen LogP contribution is -2.35. The van der Waals surface area contributed by atoms with E-state index in [0.29, 0.717) is 13.0 Å². The van der Waals surface area contributed by atoms with Gasteiger partial charge in [0.1, 0.15) is 0 Å². The Morgan fingerprint density at radius 2 is 1.55 bits per heavy atom. The Balaban J connectivity index is 1.34. The monoisotopic (exact) mass is 386 g/mol. The summed E-state index contributed by atoms with van der Waals surface area (Å²) in [6, 6.07) is 21.7. The van der Waals surface area contributed by atoms with E-state index in [1.165, 1.54) is 6.42 Å². The lowest BCUT2D eigenvalue weighted by atomic mass is 10.0. The van der Waals surface area contributed by atoms with Crippen LogP contribution in [0.15, 0.2) is 66.7 Å². The summed E-state index contributed by atoms with van der Waals surface area (Å²) in [5.74, 6) is 0.103. The number of nitrogens with one attached hydrogen (secondary N) is 1. The Hall–Kier alpha value is -3.14. The fraction of sp³-hybridized carbons (Fsp3) is 0.280. The van der Waals surface area contributed by atoms with E-state index >= 15 is 0 Å². The normalized spacial score (nSPS) is 14.0. The van der Waals surface area contributed by atoms with Gasteiger partial charge in [0.25, 0.3) is 5.91 Å². The van der Waals surface area contributed by atoms with Crippen molar-refractivity contribution in [3.8, 4) is 0 Å². The second-order valence-electron chi connectivity index (χ2n) is 7.64. The van der Waals surface area contributed by atoms with Crippen LogP contribution in [0.2, 0.25) is 0 Å². The van der Waals surface area contributed by atoms with E-state index in [2.05, 4.69) is 23.5 Å². The lowest BCUT2D eigenvalue weighted by molar-refractivity contribution is -0.120. The first kappa shape index (κ1) is 19.2. The molecule has 3 aromatic carbocycles. The molecular weight excluding hydrogens is 360 g/mol. The van der Waals surface area contributed by atoms with Crippen LogP contribution < -0.4 is 5.32 Å². The molecule has 4 nitrogen and oxygen atoms in total. The van der Waals surface area contributed by atoms with Gasteiger partial charge >= 0.3 is 0 Å². The molecule has 1 heterocycles. The van der Waals surface area contributed by atoms with E-state index in [-0.39, 0.29) is 11.8 Å². The van der Waals surface area contributed by atoms with E-state index in [1.54, 1.807) is 0 Å². The summed E-state index contributed by atoms with van der Waals surface area (Å²) in [5.41, 5.74) is 2.74. The van der Waals surface area contributed by atoms with Gasteiger partial charge in [-0.25, -0.2) is 0 Å². The van der Waals surface area contributed by atoms with Crippen LogP contribution in [0.4, 0.5) is 0 Å². The Labute approximate surface area is 171 Å². The van der Waals surface area contributed by atoms with Crippen molar-refractivity contribution in [2.75, 3.05) is 13.1 Å². The smallest absolute Gasteiger partial charge is 0.253 e. The summed E-state index contributed by atoms with van der Waals surface area (Å²) in [7, 11) is 0. The van der Waals surface area contributed by atoms with Crippen molar-refractivity contribution in [2.45, 2.75) is 32.2 Å². The number of carbonyl (C=O) groups excluding carboxylic acids is 2. The van der Waals surface area contributed by atoms with Gasteiger partial charge in [0.05, 0.1) is 6.42 Å². The maximum absolute atomic E-state index is 12.5. The molecule has 0 unspecified atom stereocenters. The molecule has 0 atom stereocenters. The number of benzene rings is 3. The molecular formula is C25H26N2O2. The minimum absolute atomic E-state index is 0.00479. The molecule has 0 spiro atoms. The first-order valence-electron chi connectivity index (χ1n) is 10.3. The summed E-state index contributed by atoms with van der Waals surface area (Å²) >= 11 is 0. The highest BCUT2D eigenvalue weighted by Gasteiger charge is 2.17. The number of hydrogen-bond donors (Lipinski definition) is 1. The molecule has 1 aliphatic rings. The van der Waals surface area contributed by atoms with E-state index in [9.17, 15) is 9.59 Å². The van der Waals surface area contributed by atoms with Crippen LogP contribution in [0, 0.1) is 0 Å².